The van der Waals surface area contributed by atoms with E-state index in [1.807, 2.05) is 21.9 Å². The minimum Gasteiger partial charge on any atom is -0.493 e. The molecule has 0 saturated heterocycles. The molecule has 0 spiro atoms. The van der Waals surface area contributed by atoms with Crippen LogP contribution in [0, 0.1) is 0 Å². The van der Waals surface area contributed by atoms with Crippen molar-refractivity contribution < 1.29 is 47.9 Å². The second-order valence-corrected chi connectivity index (χ2v) is 9.45. The monoisotopic (exact) mass is 592 g/mol. The summed E-state index contributed by atoms with van der Waals surface area (Å²) in [5.41, 5.74) is 1.58. The van der Waals surface area contributed by atoms with Crippen molar-refractivity contribution in [2.24, 2.45) is 0 Å². The van der Waals surface area contributed by atoms with Crippen LogP contribution in [0.2, 0.25) is 0 Å². The summed E-state index contributed by atoms with van der Waals surface area (Å²) < 4.78 is 38.1. The summed E-state index contributed by atoms with van der Waals surface area (Å²) >= 11 is 0. The Balaban J connectivity index is 2.43. The first-order valence-corrected chi connectivity index (χ1v) is 13.5. The first-order chi connectivity index (χ1) is 20.1. The number of hydrogen-bond donors (Lipinski definition) is 1. The summed E-state index contributed by atoms with van der Waals surface area (Å²) in [6.45, 7) is 6.65. The van der Waals surface area contributed by atoms with Crippen LogP contribution in [0.3, 0.4) is 0 Å². The SMILES string of the molecule is CCOC(=O)C(C)N(CCN(Cc1cc(OC)c(OC)c(OC)c1)C(C)C(=O)O)Cc1cc(OC)c(OC)c(OC)c1. The van der Waals surface area contributed by atoms with E-state index in [4.69, 9.17) is 33.2 Å². The summed E-state index contributed by atoms with van der Waals surface area (Å²) in [6, 6.07) is 5.77. The number of esters is 1. The highest BCUT2D eigenvalue weighted by Gasteiger charge is 2.27. The second kappa shape index (κ2) is 16.5. The molecule has 2 atom stereocenters. The van der Waals surface area contributed by atoms with Gasteiger partial charge in [0.2, 0.25) is 11.5 Å². The van der Waals surface area contributed by atoms with Gasteiger partial charge in [0.25, 0.3) is 0 Å². The Labute approximate surface area is 247 Å². The smallest absolute Gasteiger partial charge is 0.323 e. The molecular formula is C30H44N2O10. The van der Waals surface area contributed by atoms with Crippen LogP contribution in [0.4, 0.5) is 0 Å². The summed E-state index contributed by atoms with van der Waals surface area (Å²) in [4.78, 5) is 28.7. The maximum absolute atomic E-state index is 12.8. The molecule has 2 rings (SSSR count). The molecule has 2 unspecified atom stereocenters. The van der Waals surface area contributed by atoms with Crippen molar-refractivity contribution in [1.29, 1.82) is 0 Å². The maximum Gasteiger partial charge on any atom is 0.323 e. The number of carboxylic acids is 1. The van der Waals surface area contributed by atoms with Gasteiger partial charge in [0.1, 0.15) is 12.1 Å². The van der Waals surface area contributed by atoms with E-state index in [0.717, 1.165) is 11.1 Å². The van der Waals surface area contributed by atoms with Crippen LogP contribution in [0.5, 0.6) is 34.5 Å². The van der Waals surface area contributed by atoms with Gasteiger partial charge in [0, 0.05) is 26.2 Å². The molecule has 42 heavy (non-hydrogen) atoms. The van der Waals surface area contributed by atoms with Crippen molar-refractivity contribution in [2.45, 2.75) is 45.9 Å². The number of hydrogen-bond acceptors (Lipinski definition) is 11. The second-order valence-electron chi connectivity index (χ2n) is 9.45. The first kappa shape index (κ1) is 34.3. The molecular weight excluding hydrogens is 548 g/mol. The molecule has 234 valence electrons. The van der Waals surface area contributed by atoms with E-state index < -0.39 is 18.1 Å². The first-order valence-electron chi connectivity index (χ1n) is 13.5. The Morgan fingerprint density at radius 3 is 1.31 bits per heavy atom. The van der Waals surface area contributed by atoms with Gasteiger partial charge < -0.3 is 38.3 Å². The highest BCUT2D eigenvalue weighted by atomic mass is 16.5. The van der Waals surface area contributed by atoms with Gasteiger partial charge in [0.15, 0.2) is 23.0 Å². The Bertz CT molecular complexity index is 1140. The van der Waals surface area contributed by atoms with Gasteiger partial charge in [-0.3, -0.25) is 19.4 Å². The van der Waals surface area contributed by atoms with Gasteiger partial charge in [-0.15, -0.1) is 0 Å². The van der Waals surface area contributed by atoms with Crippen LogP contribution in [0.1, 0.15) is 31.9 Å². The fourth-order valence-corrected chi connectivity index (χ4v) is 4.57. The third-order valence-electron chi connectivity index (χ3n) is 6.98. The summed E-state index contributed by atoms with van der Waals surface area (Å²) in [5.74, 6) is 1.45. The number of methoxy groups -OCH3 is 6. The summed E-state index contributed by atoms with van der Waals surface area (Å²) in [6.07, 6.45) is 0. The average Bonchev–Trinajstić information content (AvgIpc) is 3.00. The van der Waals surface area contributed by atoms with Gasteiger partial charge in [-0.1, -0.05) is 0 Å². The lowest BCUT2D eigenvalue weighted by Gasteiger charge is -2.33. The Hall–Kier alpha value is -3.90. The molecule has 0 saturated carbocycles. The fourth-order valence-electron chi connectivity index (χ4n) is 4.57. The minimum atomic E-state index is -0.975. The lowest BCUT2D eigenvalue weighted by Crippen LogP contribution is -2.47. The van der Waals surface area contributed by atoms with Crippen LogP contribution in [-0.4, -0.2) is 101 Å². The van der Waals surface area contributed by atoms with E-state index >= 15 is 0 Å². The van der Waals surface area contributed by atoms with Gasteiger partial charge >= 0.3 is 11.9 Å². The van der Waals surface area contributed by atoms with Crippen molar-refractivity contribution in [2.75, 3.05) is 62.4 Å². The van der Waals surface area contributed by atoms with Crippen molar-refractivity contribution >= 4 is 11.9 Å². The van der Waals surface area contributed by atoms with E-state index in [0.29, 0.717) is 54.1 Å². The van der Waals surface area contributed by atoms with E-state index in [1.165, 1.54) is 42.7 Å². The summed E-state index contributed by atoms with van der Waals surface area (Å²) in [7, 11) is 9.17. The predicted octanol–water partition coefficient (Wildman–Crippen LogP) is 3.47. The normalized spacial score (nSPS) is 12.5. The standard InChI is InChI=1S/C30H44N2O10/c1-10-42-30(35)20(3)32(18-22-15-25(38-6)28(41-9)26(16-22)39-7)12-11-31(19(2)29(33)34)17-21-13-23(36-4)27(40-8)24(14-21)37-5/h13-16,19-20H,10-12,17-18H2,1-9H3,(H,33,34). The minimum absolute atomic E-state index is 0.241. The van der Waals surface area contributed by atoms with Crippen molar-refractivity contribution in [1.82, 2.24) is 9.80 Å². The molecule has 0 aromatic heterocycles. The van der Waals surface area contributed by atoms with E-state index in [-0.39, 0.29) is 19.1 Å². The molecule has 0 fully saturated rings. The van der Waals surface area contributed by atoms with Gasteiger partial charge in [-0.2, -0.15) is 0 Å². The van der Waals surface area contributed by atoms with E-state index in [2.05, 4.69) is 0 Å². The molecule has 1 N–H and O–H groups in total. The number of nitrogens with zero attached hydrogens (tertiary/aromatic N) is 2. The van der Waals surface area contributed by atoms with Gasteiger partial charge in [-0.05, 0) is 56.2 Å². The molecule has 0 amide bonds. The number of carboxylic acid groups (broad SMARTS) is 1. The molecule has 0 heterocycles. The van der Waals surface area contributed by atoms with Gasteiger partial charge in [-0.25, -0.2) is 0 Å². The van der Waals surface area contributed by atoms with Crippen molar-refractivity contribution in [3.63, 3.8) is 0 Å². The van der Waals surface area contributed by atoms with Crippen LogP contribution < -0.4 is 28.4 Å². The number of benzene rings is 2. The molecule has 12 nitrogen and oxygen atoms in total. The zero-order valence-corrected chi connectivity index (χ0v) is 26.0. The number of carbonyl (C=O) groups is 2. The molecule has 0 aliphatic rings. The maximum atomic E-state index is 12.8. The molecule has 0 aliphatic heterocycles. The topological polar surface area (TPSA) is 125 Å². The lowest BCUT2D eigenvalue weighted by molar-refractivity contribution is -0.150. The van der Waals surface area contributed by atoms with Crippen molar-refractivity contribution in [3.8, 4) is 34.5 Å². The van der Waals surface area contributed by atoms with Crippen LogP contribution in [-0.2, 0) is 27.4 Å². The molecule has 2 aromatic carbocycles. The number of aliphatic carboxylic acids is 1. The summed E-state index contributed by atoms with van der Waals surface area (Å²) in [5, 5.41) is 9.91. The molecule has 0 aliphatic carbocycles. The molecule has 0 bridgehead atoms. The highest BCUT2D eigenvalue weighted by molar-refractivity contribution is 5.75. The molecule has 0 radical (unpaired) electrons. The van der Waals surface area contributed by atoms with Crippen LogP contribution in [0.15, 0.2) is 24.3 Å². The van der Waals surface area contributed by atoms with Gasteiger partial charge in [0.05, 0.1) is 49.3 Å². The largest absolute Gasteiger partial charge is 0.493 e. The zero-order chi connectivity index (χ0) is 31.4. The Morgan fingerprint density at radius 2 is 1.02 bits per heavy atom. The number of ether oxygens (including phenoxy) is 7. The fraction of sp³-hybridized carbons (Fsp3) is 0.533. The zero-order valence-electron chi connectivity index (χ0n) is 26.0. The van der Waals surface area contributed by atoms with E-state index in [9.17, 15) is 14.7 Å². The van der Waals surface area contributed by atoms with Crippen LogP contribution in [0.25, 0.3) is 0 Å². The predicted molar refractivity (Wildman–Crippen MR) is 156 cm³/mol. The average molecular weight is 593 g/mol. The highest BCUT2D eigenvalue weighted by Crippen LogP contribution is 2.39. The molecule has 12 heteroatoms. The Kier molecular flexibility index (Phi) is 13.5. The number of rotatable bonds is 18. The molecule has 2 aromatic rings. The third-order valence-corrected chi connectivity index (χ3v) is 6.98. The van der Waals surface area contributed by atoms with Crippen LogP contribution >= 0.6 is 0 Å². The quantitative estimate of drug-likeness (QED) is 0.255. The number of carbonyl (C=O) groups excluding carboxylic acids is 1. The Morgan fingerprint density at radius 1 is 0.667 bits per heavy atom. The van der Waals surface area contributed by atoms with Crippen molar-refractivity contribution in [3.05, 3.63) is 35.4 Å². The van der Waals surface area contributed by atoms with E-state index in [1.54, 1.807) is 32.9 Å². The lowest BCUT2D eigenvalue weighted by atomic mass is 10.1. The third kappa shape index (κ3) is 8.56.